The smallest absolute Gasteiger partial charge is 0.338 e. The summed E-state index contributed by atoms with van der Waals surface area (Å²) < 4.78 is 5.22. The van der Waals surface area contributed by atoms with Crippen LogP contribution in [0.4, 0.5) is 5.69 Å². The van der Waals surface area contributed by atoms with Gasteiger partial charge < -0.3 is 4.74 Å². The molecule has 194 valence electrons. The molecule has 1 heterocycles. The van der Waals surface area contributed by atoms with Crippen LogP contribution in [-0.4, -0.2) is 30.2 Å². The van der Waals surface area contributed by atoms with E-state index in [4.69, 9.17) is 4.74 Å². The normalized spacial score (nSPS) is 12.4. The Morgan fingerprint density at radius 1 is 0.692 bits per heavy atom. The van der Waals surface area contributed by atoms with Gasteiger partial charge in [-0.3, -0.25) is 14.4 Å². The van der Waals surface area contributed by atoms with Crippen molar-refractivity contribution in [2.45, 2.75) is 30.6 Å². The number of imide groups is 1. The molecule has 2 amide bonds. The van der Waals surface area contributed by atoms with Crippen LogP contribution < -0.4 is 4.90 Å². The fourth-order valence-electron chi connectivity index (χ4n) is 4.22. The van der Waals surface area contributed by atoms with Crippen molar-refractivity contribution in [2.24, 2.45) is 0 Å². The van der Waals surface area contributed by atoms with Gasteiger partial charge in [-0.2, -0.15) is 0 Å². The molecule has 0 aliphatic carbocycles. The fourth-order valence-corrected chi connectivity index (χ4v) is 5.04. The minimum Gasteiger partial charge on any atom is -0.454 e. The van der Waals surface area contributed by atoms with Crippen molar-refractivity contribution in [1.29, 1.82) is 0 Å². The summed E-state index contributed by atoms with van der Waals surface area (Å²) in [7, 11) is 0. The molecule has 0 aromatic heterocycles. The molecule has 0 unspecified atom stereocenters. The first-order valence-electron chi connectivity index (χ1n) is 12.4. The number of esters is 1. The van der Waals surface area contributed by atoms with Crippen molar-refractivity contribution in [2.75, 3.05) is 11.5 Å². The van der Waals surface area contributed by atoms with E-state index in [1.165, 1.54) is 23.8 Å². The minimum absolute atomic E-state index is 0.0921. The Bertz CT molecular complexity index is 1620. The molecule has 1 aliphatic heterocycles. The monoisotopic (exact) mass is 535 g/mol. The van der Waals surface area contributed by atoms with E-state index in [9.17, 15) is 19.2 Å². The Balaban J connectivity index is 1.27. The van der Waals surface area contributed by atoms with Crippen molar-refractivity contribution in [3.8, 4) is 0 Å². The van der Waals surface area contributed by atoms with Gasteiger partial charge in [-0.05, 0) is 92.6 Å². The molecule has 0 saturated heterocycles. The van der Waals surface area contributed by atoms with Crippen LogP contribution in [0.3, 0.4) is 0 Å². The number of rotatable bonds is 7. The van der Waals surface area contributed by atoms with Gasteiger partial charge in [0, 0.05) is 15.4 Å². The van der Waals surface area contributed by atoms with Gasteiger partial charge in [0.05, 0.1) is 22.4 Å². The second-order valence-corrected chi connectivity index (χ2v) is 10.6. The second kappa shape index (κ2) is 10.7. The number of hydrogen-bond acceptors (Lipinski definition) is 6. The quantitative estimate of drug-likeness (QED) is 0.151. The molecule has 6 nitrogen and oxygen atoms in total. The van der Waals surface area contributed by atoms with E-state index in [0.717, 1.165) is 25.8 Å². The van der Waals surface area contributed by atoms with E-state index in [1.54, 1.807) is 36.0 Å². The van der Waals surface area contributed by atoms with Gasteiger partial charge in [0.1, 0.15) is 0 Å². The lowest BCUT2D eigenvalue weighted by atomic mass is 10.0. The summed E-state index contributed by atoms with van der Waals surface area (Å²) in [5.41, 5.74) is 4.54. The molecule has 0 bridgehead atoms. The largest absolute Gasteiger partial charge is 0.454 e. The molecule has 0 radical (unpaired) electrons. The van der Waals surface area contributed by atoms with Gasteiger partial charge in [0.25, 0.3) is 11.8 Å². The number of hydrogen-bond donors (Lipinski definition) is 0. The summed E-state index contributed by atoms with van der Waals surface area (Å²) in [6, 6.07) is 24.9. The van der Waals surface area contributed by atoms with Crippen LogP contribution in [0.25, 0.3) is 0 Å². The topological polar surface area (TPSA) is 80.8 Å². The van der Waals surface area contributed by atoms with Crippen LogP contribution >= 0.6 is 11.8 Å². The highest BCUT2D eigenvalue weighted by atomic mass is 32.2. The molecule has 0 spiro atoms. The highest BCUT2D eigenvalue weighted by molar-refractivity contribution is 7.99. The molecule has 1 aliphatic rings. The summed E-state index contributed by atoms with van der Waals surface area (Å²) in [5, 5.41) is 0. The third-order valence-electron chi connectivity index (χ3n) is 6.64. The van der Waals surface area contributed by atoms with Crippen LogP contribution in [0.5, 0.6) is 0 Å². The van der Waals surface area contributed by atoms with E-state index < -0.39 is 24.4 Å². The zero-order valence-corrected chi connectivity index (χ0v) is 22.5. The summed E-state index contributed by atoms with van der Waals surface area (Å²) in [6.45, 7) is 5.46. The summed E-state index contributed by atoms with van der Waals surface area (Å²) in [6.07, 6.45) is 0. The number of ketones is 1. The molecular weight excluding hydrogens is 510 g/mol. The Labute approximate surface area is 230 Å². The number of carbonyl (C=O) groups excluding carboxylic acids is 4. The molecular formula is C32H25NO5S. The number of aryl methyl sites for hydroxylation is 3. The van der Waals surface area contributed by atoms with E-state index >= 15 is 0 Å². The van der Waals surface area contributed by atoms with Gasteiger partial charge in [-0.15, -0.1) is 0 Å². The zero-order valence-electron chi connectivity index (χ0n) is 21.7. The molecule has 5 rings (SSSR count). The van der Waals surface area contributed by atoms with Crippen molar-refractivity contribution < 1.29 is 23.9 Å². The van der Waals surface area contributed by atoms with Gasteiger partial charge in [0.2, 0.25) is 0 Å². The minimum atomic E-state index is -0.744. The van der Waals surface area contributed by atoms with Crippen LogP contribution in [0.2, 0.25) is 0 Å². The maximum absolute atomic E-state index is 13.2. The van der Waals surface area contributed by atoms with E-state index in [1.807, 2.05) is 63.2 Å². The van der Waals surface area contributed by atoms with Gasteiger partial charge in [-0.1, -0.05) is 41.6 Å². The van der Waals surface area contributed by atoms with Crippen LogP contribution in [0.1, 0.15) is 58.1 Å². The standard InChI is InChI=1S/C32H25NO5S/c1-19-4-11-25(12-5-19)39-26-13-9-24(10-14-26)33-30(35)27-15-8-23(17-28(27)31(33)36)32(37)38-18-29(34)22-7-6-20(2)21(3)16-22/h4-17H,18H2,1-3H3. The predicted octanol–water partition coefficient (Wildman–Crippen LogP) is 6.60. The maximum Gasteiger partial charge on any atom is 0.338 e. The third kappa shape index (κ3) is 5.40. The van der Waals surface area contributed by atoms with Crippen LogP contribution in [0.15, 0.2) is 94.7 Å². The van der Waals surface area contributed by atoms with Crippen molar-refractivity contribution >= 4 is 41.0 Å². The average Bonchev–Trinajstić information content (AvgIpc) is 3.19. The molecule has 0 atom stereocenters. The maximum atomic E-state index is 13.2. The summed E-state index contributed by atoms with van der Waals surface area (Å²) in [4.78, 5) is 54.6. The van der Waals surface area contributed by atoms with Crippen LogP contribution in [0, 0.1) is 20.8 Å². The zero-order chi connectivity index (χ0) is 27.7. The molecule has 7 heteroatoms. The summed E-state index contributed by atoms with van der Waals surface area (Å²) >= 11 is 1.58. The first-order chi connectivity index (χ1) is 18.7. The second-order valence-electron chi connectivity index (χ2n) is 9.41. The first kappa shape index (κ1) is 26.1. The predicted molar refractivity (Wildman–Crippen MR) is 150 cm³/mol. The highest BCUT2D eigenvalue weighted by Gasteiger charge is 2.37. The number of Topliss-reactive ketones (excluding diaryl/α,β-unsaturated/α-hetero) is 1. The number of benzene rings is 4. The number of amides is 2. The Hall–Kier alpha value is -4.49. The third-order valence-corrected chi connectivity index (χ3v) is 7.65. The lowest BCUT2D eigenvalue weighted by Gasteiger charge is -2.14. The van der Waals surface area contributed by atoms with Crippen molar-refractivity contribution in [1.82, 2.24) is 0 Å². The number of nitrogens with zero attached hydrogens (tertiary/aromatic N) is 1. The number of anilines is 1. The highest BCUT2D eigenvalue weighted by Crippen LogP contribution is 2.33. The van der Waals surface area contributed by atoms with Crippen molar-refractivity contribution in [3.63, 3.8) is 0 Å². The van der Waals surface area contributed by atoms with Gasteiger partial charge >= 0.3 is 5.97 Å². The van der Waals surface area contributed by atoms with Gasteiger partial charge in [0.15, 0.2) is 12.4 Å². The lowest BCUT2D eigenvalue weighted by Crippen LogP contribution is -2.29. The van der Waals surface area contributed by atoms with Crippen LogP contribution in [-0.2, 0) is 4.74 Å². The average molecular weight is 536 g/mol. The van der Waals surface area contributed by atoms with E-state index in [2.05, 4.69) is 0 Å². The van der Waals surface area contributed by atoms with E-state index in [-0.39, 0.29) is 22.5 Å². The molecule has 4 aromatic carbocycles. The molecule has 0 fully saturated rings. The molecule has 0 N–H and O–H groups in total. The fraction of sp³-hybridized carbons (Fsp3) is 0.125. The molecule has 4 aromatic rings. The first-order valence-corrected chi connectivity index (χ1v) is 13.2. The van der Waals surface area contributed by atoms with Crippen molar-refractivity contribution in [3.05, 3.63) is 124 Å². The molecule has 39 heavy (non-hydrogen) atoms. The number of carbonyl (C=O) groups is 4. The number of fused-ring (bicyclic) bond motifs is 1. The van der Waals surface area contributed by atoms with Gasteiger partial charge in [-0.25, -0.2) is 9.69 Å². The Morgan fingerprint density at radius 2 is 1.31 bits per heavy atom. The summed E-state index contributed by atoms with van der Waals surface area (Å²) in [5.74, 6) is -2.05. The van der Waals surface area contributed by atoms with E-state index in [0.29, 0.717) is 11.3 Å². The Morgan fingerprint density at radius 3 is 1.97 bits per heavy atom. The SMILES string of the molecule is Cc1ccc(Sc2ccc(N3C(=O)c4ccc(C(=O)OCC(=O)c5ccc(C)c(C)c5)cc4C3=O)cc2)cc1. The lowest BCUT2D eigenvalue weighted by molar-refractivity contribution is 0.0474. The number of ether oxygens (including phenoxy) is 1. The molecule has 0 saturated carbocycles. The Kier molecular flexibility index (Phi) is 7.17.